The number of nitrogens with two attached hydrogens (primary N) is 1. The summed E-state index contributed by atoms with van der Waals surface area (Å²) in [6.07, 6.45) is 2.09. The topological polar surface area (TPSA) is 80.0 Å². The zero-order valence-electron chi connectivity index (χ0n) is 10.8. The molecule has 1 heterocycles. The van der Waals surface area contributed by atoms with Gasteiger partial charge in [0.2, 0.25) is 0 Å². The molecule has 0 saturated heterocycles. The van der Waals surface area contributed by atoms with Gasteiger partial charge in [0.25, 0.3) is 5.91 Å². The number of nitrogens with zero attached hydrogens (tertiary/aromatic N) is 1. The molecule has 0 fully saturated rings. The fourth-order valence-corrected chi connectivity index (χ4v) is 1.69. The Morgan fingerprint density at radius 3 is 2.55 bits per heavy atom. The molecule has 1 aromatic heterocycles. The number of hydrazine groups is 1. The average molecular weight is 274 g/mol. The molecule has 5 nitrogen and oxygen atoms in total. The molecule has 6 heteroatoms. The van der Waals surface area contributed by atoms with Crippen molar-refractivity contribution in [3.8, 4) is 0 Å². The van der Waals surface area contributed by atoms with Gasteiger partial charge in [-0.2, -0.15) is 0 Å². The van der Waals surface area contributed by atoms with Crippen molar-refractivity contribution in [3.63, 3.8) is 0 Å². The Balaban J connectivity index is 1.83. The second-order valence-electron chi connectivity index (χ2n) is 4.21. The van der Waals surface area contributed by atoms with E-state index in [0.717, 1.165) is 5.56 Å². The van der Waals surface area contributed by atoms with Crippen LogP contribution in [-0.4, -0.2) is 17.4 Å². The van der Waals surface area contributed by atoms with Gasteiger partial charge in [-0.05, 0) is 36.2 Å². The van der Waals surface area contributed by atoms with E-state index in [9.17, 15) is 9.18 Å². The maximum Gasteiger partial charge on any atom is 0.252 e. The molecular weight excluding hydrogens is 259 g/mol. The molecule has 0 aliphatic heterocycles. The molecule has 0 radical (unpaired) electrons. The van der Waals surface area contributed by atoms with Gasteiger partial charge < -0.3 is 10.7 Å². The second-order valence-corrected chi connectivity index (χ2v) is 4.21. The molecule has 4 N–H and O–H groups in total. The normalized spacial score (nSPS) is 10.1. The minimum atomic E-state index is -0.266. The Hall–Kier alpha value is -2.47. The maximum absolute atomic E-state index is 12.7. The number of aromatic nitrogens is 1. The summed E-state index contributed by atoms with van der Waals surface area (Å²) in [5.41, 5.74) is 3.82. The van der Waals surface area contributed by atoms with Crippen LogP contribution in [0.15, 0.2) is 42.6 Å². The van der Waals surface area contributed by atoms with Crippen molar-refractivity contribution in [2.45, 2.75) is 6.42 Å². The first-order chi connectivity index (χ1) is 9.69. The van der Waals surface area contributed by atoms with E-state index in [0.29, 0.717) is 24.3 Å². The van der Waals surface area contributed by atoms with E-state index in [1.807, 2.05) is 0 Å². The van der Waals surface area contributed by atoms with Crippen LogP contribution in [-0.2, 0) is 6.42 Å². The predicted molar refractivity (Wildman–Crippen MR) is 74.5 cm³/mol. The molecule has 1 amide bonds. The van der Waals surface area contributed by atoms with Crippen molar-refractivity contribution in [2.75, 3.05) is 12.0 Å². The van der Waals surface area contributed by atoms with Crippen LogP contribution in [0.2, 0.25) is 0 Å². The van der Waals surface area contributed by atoms with Gasteiger partial charge in [0, 0.05) is 12.7 Å². The smallest absolute Gasteiger partial charge is 0.252 e. The zero-order chi connectivity index (χ0) is 14.4. The first-order valence-electron chi connectivity index (χ1n) is 6.14. The number of anilines is 1. The number of amides is 1. The average Bonchev–Trinajstić information content (AvgIpc) is 2.49. The molecule has 104 valence electrons. The quantitative estimate of drug-likeness (QED) is 0.570. The van der Waals surface area contributed by atoms with Gasteiger partial charge in [-0.3, -0.25) is 4.79 Å². The van der Waals surface area contributed by atoms with Gasteiger partial charge >= 0.3 is 0 Å². The SMILES string of the molecule is NNc1ccc(C(=O)NCCc2ccc(F)cc2)cn1. The number of carbonyl (C=O) groups excluding carboxylic acids is 1. The second kappa shape index (κ2) is 6.63. The fraction of sp³-hybridized carbons (Fsp3) is 0.143. The van der Waals surface area contributed by atoms with Crippen LogP contribution in [0.3, 0.4) is 0 Å². The summed E-state index contributed by atoms with van der Waals surface area (Å²) in [6, 6.07) is 9.46. The highest BCUT2D eigenvalue weighted by Gasteiger charge is 2.05. The number of hydrogen-bond donors (Lipinski definition) is 3. The lowest BCUT2D eigenvalue weighted by molar-refractivity contribution is 0.0954. The van der Waals surface area contributed by atoms with Gasteiger partial charge in [0.15, 0.2) is 0 Å². The summed E-state index contributed by atoms with van der Waals surface area (Å²) in [5.74, 6) is 5.21. The molecule has 1 aromatic carbocycles. The molecule has 0 aliphatic carbocycles. The first kappa shape index (κ1) is 14.0. The van der Waals surface area contributed by atoms with Crippen LogP contribution < -0.4 is 16.6 Å². The molecular formula is C14H15FN4O. The number of rotatable bonds is 5. The number of benzene rings is 1. The van der Waals surface area contributed by atoms with E-state index in [1.54, 1.807) is 24.3 Å². The van der Waals surface area contributed by atoms with E-state index < -0.39 is 0 Å². The highest BCUT2D eigenvalue weighted by Crippen LogP contribution is 2.05. The van der Waals surface area contributed by atoms with Crippen molar-refractivity contribution in [2.24, 2.45) is 5.84 Å². The summed E-state index contributed by atoms with van der Waals surface area (Å²) in [5, 5.41) is 2.78. The lowest BCUT2D eigenvalue weighted by atomic mass is 10.1. The first-order valence-corrected chi connectivity index (χ1v) is 6.14. The molecule has 0 saturated carbocycles. The summed E-state index contributed by atoms with van der Waals surface area (Å²) in [6.45, 7) is 0.474. The van der Waals surface area contributed by atoms with Gasteiger partial charge in [-0.1, -0.05) is 12.1 Å². The monoisotopic (exact) mass is 274 g/mol. The molecule has 0 spiro atoms. The Morgan fingerprint density at radius 1 is 1.20 bits per heavy atom. The van der Waals surface area contributed by atoms with Crippen LogP contribution in [0.5, 0.6) is 0 Å². The predicted octanol–water partition coefficient (Wildman–Crippen LogP) is 1.48. The van der Waals surface area contributed by atoms with Crippen molar-refractivity contribution >= 4 is 11.7 Å². The van der Waals surface area contributed by atoms with Gasteiger partial charge in [0.1, 0.15) is 11.6 Å². The third kappa shape index (κ3) is 3.76. The highest BCUT2D eigenvalue weighted by atomic mass is 19.1. The minimum absolute atomic E-state index is 0.205. The van der Waals surface area contributed by atoms with Crippen LogP contribution in [0.1, 0.15) is 15.9 Å². The van der Waals surface area contributed by atoms with Gasteiger partial charge in [-0.15, -0.1) is 0 Å². The summed E-state index contributed by atoms with van der Waals surface area (Å²) >= 11 is 0. The minimum Gasteiger partial charge on any atom is -0.352 e. The number of carbonyl (C=O) groups is 1. The molecule has 2 rings (SSSR count). The molecule has 20 heavy (non-hydrogen) atoms. The molecule has 0 unspecified atom stereocenters. The van der Waals surface area contributed by atoms with Crippen LogP contribution >= 0.6 is 0 Å². The van der Waals surface area contributed by atoms with E-state index >= 15 is 0 Å². The number of pyridine rings is 1. The van der Waals surface area contributed by atoms with Crippen LogP contribution in [0.4, 0.5) is 10.2 Å². The van der Waals surface area contributed by atoms with E-state index in [-0.39, 0.29) is 11.7 Å². The lowest BCUT2D eigenvalue weighted by Crippen LogP contribution is -2.25. The van der Waals surface area contributed by atoms with Crippen molar-refractivity contribution in [3.05, 3.63) is 59.5 Å². The standard InChI is InChI=1S/C14H15FN4O/c15-12-4-1-10(2-5-12)7-8-17-14(20)11-3-6-13(19-16)18-9-11/h1-6,9H,7-8,16H2,(H,17,20)(H,18,19). The van der Waals surface area contributed by atoms with Crippen LogP contribution in [0, 0.1) is 5.82 Å². The number of hydrogen-bond acceptors (Lipinski definition) is 4. The molecule has 0 atom stereocenters. The fourth-order valence-electron chi connectivity index (χ4n) is 1.69. The number of nitrogen functional groups attached to an aromatic ring is 1. The Kier molecular flexibility index (Phi) is 4.62. The maximum atomic E-state index is 12.7. The Morgan fingerprint density at radius 2 is 1.95 bits per heavy atom. The van der Waals surface area contributed by atoms with Crippen molar-refractivity contribution in [1.82, 2.24) is 10.3 Å². The molecule has 0 aliphatic rings. The van der Waals surface area contributed by atoms with Crippen LogP contribution in [0.25, 0.3) is 0 Å². The Bertz CT molecular complexity index is 569. The highest BCUT2D eigenvalue weighted by molar-refractivity contribution is 5.94. The zero-order valence-corrected chi connectivity index (χ0v) is 10.8. The Labute approximate surface area is 116 Å². The molecule has 0 bridgehead atoms. The van der Waals surface area contributed by atoms with Crippen molar-refractivity contribution < 1.29 is 9.18 Å². The van der Waals surface area contributed by atoms with Crippen molar-refractivity contribution in [1.29, 1.82) is 0 Å². The summed E-state index contributed by atoms with van der Waals surface area (Å²) < 4.78 is 12.7. The molecule has 2 aromatic rings. The largest absolute Gasteiger partial charge is 0.352 e. The summed E-state index contributed by atoms with van der Waals surface area (Å²) in [7, 11) is 0. The number of halogens is 1. The lowest BCUT2D eigenvalue weighted by Gasteiger charge is -2.06. The van der Waals surface area contributed by atoms with Gasteiger partial charge in [0.05, 0.1) is 5.56 Å². The van der Waals surface area contributed by atoms with Gasteiger partial charge in [-0.25, -0.2) is 15.2 Å². The number of nitrogens with one attached hydrogen (secondary N) is 2. The summed E-state index contributed by atoms with van der Waals surface area (Å²) in [4.78, 5) is 15.8. The van der Waals surface area contributed by atoms with E-state index in [4.69, 9.17) is 5.84 Å². The van der Waals surface area contributed by atoms with E-state index in [2.05, 4.69) is 15.7 Å². The third-order valence-electron chi connectivity index (χ3n) is 2.79. The van der Waals surface area contributed by atoms with E-state index in [1.165, 1.54) is 18.3 Å². The third-order valence-corrected chi connectivity index (χ3v) is 2.79.